The van der Waals surface area contributed by atoms with Gasteiger partial charge in [-0.15, -0.1) is 0 Å². The maximum absolute atomic E-state index is 13.1. The van der Waals surface area contributed by atoms with Gasteiger partial charge in [-0.3, -0.25) is 4.90 Å². The van der Waals surface area contributed by atoms with Crippen molar-refractivity contribution in [3.8, 4) is 0 Å². The van der Waals surface area contributed by atoms with E-state index in [4.69, 9.17) is 18.9 Å². The van der Waals surface area contributed by atoms with Crippen LogP contribution in [0.25, 0.3) is 11.0 Å². The number of aryl methyl sites for hydroxylation is 1. The van der Waals surface area contributed by atoms with Gasteiger partial charge >= 0.3 is 0 Å². The van der Waals surface area contributed by atoms with E-state index in [-0.39, 0.29) is 11.0 Å². The van der Waals surface area contributed by atoms with E-state index in [9.17, 15) is 8.42 Å². The molecule has 2 aliphatic heterocycles. The second-order valence-corrected chi connectivity index (χ2v) is 10.8. The van der Waals surface area contributed by atoms with Crippen molar-refractivity contribution in [2.45, 2.75) is 50.4 Å². The molecule has 0 N–H and O–H groups in total. The van der Waals surface area contributed by atoms with Crippen molar-refractivity contribution < 1.29 is 22.3 Å². The van der Waals surface area contributed by atoms with Crippen LogP contribution in [-0.4, -0.2) is 72.7 Å². The lowest BCUT2D eigenvalue weighted by Gasteiger charge is -2.26. The molecule has 3 aromatic rings. The van der Waals surface area contributed by atoms with Crippen molar-refractivity contribution in [2.75, 3.05) is 39.5 Å². The molecule has 0 amide bonds. The van der Waals surface area contributed by atoms with Crippen molar-refractivity contribution in [2.24, 2.45) is 0 Å². The molecule has 0 spiro atoms. The van der Waals surface area contributed by atoms with E-state index in [1.54, 1.807) is 18.4 Å². The number of furan rings is 1. The van der Waals surface area contributed by atoms with Crippen LogP contribution in [0.2, 0.25) is 0 Å². The van der Waals surface area contributed by atoms with Crippen LogP contribution in [0.4, 0.5) is 0 Å². The maximum Gasteiger partial charge on any atom is 0.243 e. The van der Waals surface area contributed by atoms with Crippen molar-refractivity contribution in [3.63, 3.8) is 0 Å². The fourth-order valence-corrected chi connectivity index (χ4v) is 6.24. The smallest absolute Gasteiger partial charge is 0.243 e. The Hall–Kier alpha value is -2.24. The molecule has 0 aliphatic carbocycles. The molecule has 10 heteroatoms. The third-order valence-corrected chi connectivity index (χ3v) is 8.43. The van der Waals surface area contributed by atoms with E-state index in [2.05, 4.69) is 16.4 Å². The van der Waals surface area contributed by atoms with E-state index in [1.165, 1.54) is 4.31 Å². The van der Waals surface area contributed by atoms with Gasteiger partial charge in [-0.1, -0.05) is 0 Å². The first kappa shape index (κ1) is 23.5. The summed E-state index contributed by atoms with van der Waals surface area (Å²) in [4.78, 5) is 7.47. The Labute approximate surface area is 200 Å². The fraction of sp³-hybridized carbons (Fsp3) is 0.542. The zero-order valence-corrected chi connectivity index (χ0v) is 20.4. The van der Waals surface area contributed by atoms with Gasteiger partial charge in [-0.05, 0) is 50.1 Å². The molecular weight excluding hydrogens is 456 g/mol. The second-order valence-electron chi connectivity index (χ2n) is 8.82. The highest BCUT2D eigenvalue weighted by atomic mass is 32.2. The summed E-state index contributed by atoms with van der Waals surface area (Å²) >= 11 is 0. The minimum Gasteiger partial charge on any atom is -0.468 e. The molecule has 184 valence electrons. The number of sulfonamides is 1. The number of aromatic nitrogens is 2. The largest absolute Gasteiger partial charge is 0.468 e. The summed E-state index contributed by atoms with van der Waals surface area (Å²) < 4.78 is 46.7. The average molecular weight is 489 g/mol. The van der Waals surface area contributed by atoms with Gasteiger partial charge in [0.05, 0.1) is 54.6 Å². The van der Waals surface area contributed by atoms with Crippen LogP contribution in [0.1, 0.15) is 31.4 Å². The van der Waals surface area contributed by atoms with Crippen LogP contribution in [0.3, 0.4) is 0 Å². The maximum atomic E-state index is 13.1. The van der Waals surface area contributed by atoms with Gasteiger partial charge in [0, 0.05) is 32.8 Å². The molecule has 1 aromatic carbocycles. The molecule has 5 rings (SSSR count). The van der Waals surface area contributed by atoms with Crippen molar-refractivity contribution in [3.05, 3.63) is 48.2 Å². The lowest BCUT2D eigenvalue weighted by molar-refractivity contribution is 0.0642. The zero-order valence-electron chi connectivity index (χ0n) is 19.6. The Morgan fingerprint density at radius 3 is 2.71 bits per heavy atom. The summed E-state index contributed by atoms with van der Waals surface area (Å²) in [7, 11) is -3.57. The van der Waals surface area contributed by atoms with E-state index < -0.39 is 10.0 Å². The van der Waals surface area contributed by atoms with Crippen molar-refractivity contribution >= 4 is 21.1 Å². The minimum absolute atomic E-state index is 0.208. The van der Waals surface area contributed by atoms with E-state index >= 15 is 0 Å². The molecule has 0 saturated carbocycles. The summed E-state index contributed by atoms with van der Waals surface area (Å²) in [6.45, 7) is 7.32. The highest BCUT2D eigenvalue weighted by Gasteiger charge is 2.27. The molecule has 2 aliphatic rings. The number of imidazole rings is 1. The number of benzene rings is 1. The predicted octanol–water partition coefficient (Wildman–Crippen LogP) is 2.85. The highest BCUT2D eigenvalue weighted by Crippen LogP contribution is 2.25. The Bertz CT molecular complexity index is 1200. The quantitative estimate of drug-likeness (QED) is 0.457. The predicted molar refractivity (Wildman–Crippen MR) is 127 cm³/mol. The van der Waals surface area contributed by atoms with Gasteiger partial charge < -0.3 is 18.5 Å². The fourth-order valence-electron chi connectivity index (χ4n) is 4.81. The Balaban J connectivity index is 1.43. The monoisotopic (exact) mass is 488 g/mol. The first-order chi connectivity index (χ1) is 16.5. The number of morpholine rings is 1. The first-order valence-corrected chi connectivity index (χ1v) is 13.4. The molecule has 2 aromatic heterocycles. The van der Waals surface area contributed by atoms with E-state index in [0.717, 1.165) is 49.6 Å². The lowest BCUT2D eigenvalue weighted by Crippen LogP contribution is -2.40. The third kappa shape index (κ3) is 4.92. The summed E-state index contributed by atoms with van der Waals surface area (Å²) in [5.41, 5.74) is 1.63. The van der Waals surface area contributed by atoms with Gasteiger partial charge in [-0.25, -0.2) is 13.4 Å². The third-order valence-electron chi connectivity index (χ3n) is 6.53. The van der Waals surface area contributed by atoms with Crippen LogP contribution in [0, 0.1) is 0 Å². The van der Waals surface area contributed by atoms with Crippen LogP contribution < -0.4 is 0 Å². The van der Waals surface area contributed by atoms with E-state index in [1.807, 2.05) is 18.2 Å². The van der Waals surface area contributed by atoms with Gasteiger partial charge in [-0.2, -0.15) is 4.31 Å². The molecule has 1 atom stereocenters. The van der Waals surface area contributed by atoms with Crippen LogP contribution in [0.5, 0.6) is 0 Å². The second kappa shape index (κ2) is 10.2. The van der Waals surface area contributed by atoms with Gasteiger partial charge in [0.25, 0.3) is 0 Å². The zero-order chi connectivity index (χ0) is 23.5. The van der Waals surface area contributed by atoms with Crippen LogP contribution in [0.15, 0.2) is 45.9 Å². The van der Waals surface area contributed by atoms with Gasteiger partial charge in [0.1, 0.15) is 11.6 Å². The first-order valence-electron chi connectivity index (χ1n) is 12.0. The SMILES string of the molecule is CCn1c(CN(Cc2ccco2)CC2CCCO2)nc2cc(S(=O)(=O)N3CCOCC3)ccc21. The molecule has 0 bridgehead atoms. The molecule has 1 unspecified atom stereocenters. The molecular formula is C24H32N4O5S. The number of hydrogen-bond donors (Lipinski definition) is 0. The number of nitrogens with zero attached hydrogens (tertiary/aromatic N) is 4. The number of hydrogen-bond acceptors (Lipinski definition) is 7. The van der Waals surface area contributed by atoms with Crippen molar-refractivity contribution in [1.29, 1.82) is 0 Å². The molecule has 2 fully saturated rings. The molecule has 34 heavy (non-hydrogen) atoms. The number of rotatable bonds is 9. The summed E-state index contributed by atoms with van der Waals surface area (Å²) in [5, 5.41) is 0. The van der Waals surface area contributed by atoms with Crippen LogP contribution >= 0.6 is 0 Å². The van der Waals surface area contributed by atoms with Crippen molar-refractivity contribution in [1.82, 2.24) is 18.8 Å². The Kier molecular flexibility index (Phi) is 7.03. The lowest BCUT2D eigenvalue weighted by atomic mass is 10.2. The number of fused-ring (bicyclic) bond motifs is 1. The molecule has 4 heterocycles. The number of ether oxygens (including phenoxy) is 2. The Morgan fingerprint density at radius 2 is 2.00 bits per heavy atom. The highest BCUT2D eigenvalue weighted by molar-refractivity contribution is 7.89. The standard InChI is InChI=1S/C24H32N4O5S/c1-2-28-23-8-7-21(34(29,30)27-9-13-31-14-10-27)15-22(23)25-24(28)18-26(16-19-5-3-11-32-19)17-20-6-4-12-33-20/h3,5,7-8,11,15,20H,2,4,6,9-10,12-14,16-18H2,1H3. The summed E-state index contributed by atoms with van der Waals surface area (Å²) in [5.74, 6) is 1.80. The normalized spacial score (nSPS) is 20.0. The van der Waals surface area contributed by atoms with Crippen LogP contribution in [-0.2, 0) is 39.1 Å². The average Bonchev–Trinajstić information content (AvgIpc) is 3.61. The van der Waals surface area contributed by atoms with E-state index in [0.29, 0.717) is 44.9 Å². The topological polar surface area (TPSA) is 90.0 Å². The minimum atomic E-state index is -3.57. The van der Waals surface area contributed by atoms with Gasteiger partial charge in [0.2, 0.25) is 10.0 Å². The summed E-state index contributed by atoms with van der Waals surface area (Å²) in [6, 6.07) is 9.15. The molecule has 0 radical (unpaired) electrons. The Morgan fingerprint density at radius 1 is 1.15 bits per heavy atom. The molecule has 2 saturated heterocycles. The molecule has 9 nitrogen and oxygen atoms in total. The van der Waals surface area contributed by atoms with Gasteiger partial charge in [0.15, 0.2) is 0 Å². The summed E-state index contributed by atoms with van der Waals surface area (Å²) in [6.07, 6.45) is 4.05.